The number of hydrogen-bond donors (Lipinski definition) is 2. The van der Waals surface area contributed by atoms with Crippen LogP contribution in [0.5, 0.6) is 5.75 Å². The summed E-state index contributed by atoms with van der Waals surface area (Å²) in [5.41, 5.74) is 1.36. The minimum absolute atomic E-state index is 0.0717. The Morgan fingerprint density at radius 1 is 1.24 bits per heavy atom. The Morgan fingerprint density at radius 3 is 2.71 bits per heavy atom. The molecule has 6 nitrogen and oxygen atoms in total. The van der Waals surface area contributed by atoms with Crippen molar-refractivity contribution in [2.75, 3.05) is 5.32 Å². The normalized spacial score (nSPS) is 15.9. The fourth-order valence-corrected chi connectivity index (χ4v) is 2.15. The Kier molecular flexibility index (Phi) is 3.27. The summed E-state index contributed by atoms with van der Waals surface area (Å²) in [6.07, 6.45) is 1.24. The number of para-hydroxylation sites is 1. The standard InChI is InChI=1S/C15H12N2O4/c18-14(13-7-9-3-1-2-4-12(9)21-13)17-10-5-6-11(15(19)20)16-8-10/h1-6,8,13H,7H2,(H,17,18)(H,19,20). The molecule has 1 aromatic heterocycles. The highest BCUT2D eigenvalue weighted by Gasteiger charge is 2.28. The molecule has 0 aliphatic carbocycles. The van der Waals surface area contributed by atoms with E-state index < -0.39 is 12.1 Å². The first-order valence-electron chi connectivity index (χ1n) is 6.38. The molecule has 3 rings (SSSR count). The molecule has 1 atom stereocenters. The highest BCUT2D eigenvalue weighted by atomic mass is 16.5. The maximum atomic E-state index is 12.1. The predicted molar refractivity (Wildman–Crippen MR) is 74.4 cm³/mol. The highest BCUT2D eigenvalue weighted by molar-refractivity contribution is 5.95. The van der Waals surface area contributed by atoms with Gasteiger partial charge in [-0.2, -0.15) is 0 Å². The molecule has 1 unspecified atom stereocenters. The molecular formula is C15H12N2O4. The van der Waals surface area contributed by atoms with Crippen LogP contribution in [0.3, 0.4) is 0 Å². The molecule has 1 aromatic carbocycles. The van der Waals surface area contributed by atoms with Gasteiger partial charge in [-0.3, -0.25) is 4.79 Å². The number of pyridine rings is 1. The molecule has 0 saturated carbocycles. The number of ether oxygens (including phenoxy) is 1. The van der Waals surface area contributed by atoms with Crippen LogP contribution in [0, 0.1) is 0 Å². The molecule has 2 heterocycles. The fraction of sp³-hybridized carbons (Fsp3) is 0.133. The second-order valence-electron chi connectivity index (χ2n) is 4.64. The molecule has 1 amide bonds. The Bertz CT molecular complexity index is 672. The van der Waals surface area contributed by atoms with Crippen LogP contribution in [0.2, 0.25) is 0 Å². The van der Waals surface area contributed by atoms with Crippen LogP contribution < -0.4 is 10.1 Å². The van der Waals surface area contributed by atoms with Crippen molar-refractivity contribution in [2.24, 2.45) is 0 Å². The minimum atomic E-state index is -1.11. The molecule has 2 aromatic rings. The van der Waals surface area contributed by atoms with Crippen LogP contribution in [0.4, 0.5) is 5.69 Å². The third-order valence-electron chi connectivity index (χ3n) is 3.19. The minimum Gasteiger partial charge on any atom is -0.480 e. The Balaban J connectivity index is 1.66. The Morgan fingerprint density at radius 2 is 2.05 bits per heavy atom. The summed E-state index contributed by atoms with van der Waals surface area (Å²) < 4.78 is 5.58. The summed E-state index contributed by atoms with van der Waals surface area (Å²) in [7, 11) is 0. The van der Waals surface area contributed by atoms with Crippen molar-refractivity contribution in [3.05, 3.63) is 53.9 Å². The quantitative estimate of drug-likeness (QED) is 0.896. The molecule has 0 spiro atoms. The van der Waals surface area contributed by atoms with Crippen LogP contribution in [-0.4, -0.2) is 28.1 Å². The number of carbonyl (C=O) groups is 2. The molecular weight excluding hydrogens is 272 g/mol. The Labute approximate surface area is 120 Å². The first kappa shape index (κ1) is 13.1. The first-order valence-corrected chi connectivity index (χ1v) is 6.38. The lowest BCUT2D eigenvalue weighted by Gasteiger charge is -2.11. The number of nitrogens with zero attached hydrogens (tertiary/aromatic N) is 1. The number of carboxylic acid groups (broad SMARTS) is 1. The smallest absolute Gasteiger partial charge is 0.354 e. The molecule has 1 aliphatic rings. The van der Waals surface area contributed by atoms with E-state index in [1.54, 1.807) is 0 Å². The molecule has 1 aliphatic heterocycles. The monoisotopic (exact) mass is 284 g/mol. The number of rotatable bonds is 3. The lowest BCUT2D eigenvalue weighted by atomic mass is 10.1. The van der Waals surface area contributed by atoms with Crippen LogP contribution in [0.25, 0.3) is 0 Å². The van der Waals surface area contributed by atoms with E-state index >= 15 is 0 Å². The summed E-state index contributed by atoms with van der Waals surface area (Å²) in [4.78, 5) is 26.6. The molecule has 0 bridgehead atoms. The molecule has 0 saturated heterocycles. The van der Waals surface area contributed by atoms with Gasteiger partial charge in [0, 0.05) is 6.42 Å². The number of amides is 1. The summed E-state index contributed by atoms with van der Waals surface area (Å²) >= 11 is 0. The van der Waals surface area contributed by atoms with Crippen molar-refractivity contribution < 1.29 is 19.4 Å². The van der Waals surface area contributed by atoms with E-state index in [2.05, 4.69) is 10.3 Å². The maximum absolute atomic E-state index is 12.1. The van der Waals surface area contributed by atoms with Crippen molar-refractivity contribution >= 4 is 17.6 Å². The average molecular weight is 284 g/mol. The number of carboxylic acids is 1. The van der Waals surface area contributed by atoms with Crippen molar-refractivity contribution in [2.45, 2.75) is 12.5 Å². The number of benzene rings is 1. The van der Waals surface area contributed by atoms with E-state index in [1.165, 1.54) is 18.3 Å². The van der Waals surface area contributed by atoms with E-state index in [9.17, 15) is 9.59 Å². The lowest BCUT2D eigenvalue weighted by Crippen LogP contribution is -2.31. The van der Waals surface area contributed by atoms with Crippen molar-refractivity contribution in [1.29, 1.82) is 0 Å². The highest BCUT2D eigenvalue weighted by Crippen LogP contribution is 2.28. The van der Waals surface area contributed by atoms with Crippen LogP contribution in [0.15, 0.2) is 42.6 Å². The van der Waals surface area contributed by atoms with E-state index in [-0.39, 0.29) is 11.6 Å². The number of aromatic nitrogens is 1. The predicted octanol–water partition coefficient (Wildman–Crippen LogP) is 1.72. The molecule has 0 radical (unpaired) electrons. The van der Waals surface area contributed by atoms with Gasteiger partial charge in [-0.05, 0) is 23.8 Å². The first-order chi connectivity index (χ1) is 10.1. The van der Waals surface area contributed by atoms with Gasteiger partial charge in [-0.15, -0.1) is 0 Å². The fourth-order valence-electron chi connectivity index (χ4n) is 2.15. The maximum Gasteiger partial charge on any atom is 0.354 e. The zero-order valence-electron chi connectivity index (χ0n) is 10.9. The van der Waals surface area contributed by atoms with Gasteiger partial charge in [-0.1, -0.05) is 18.2 Å². The van der Waals surface area contributed by atoms with E-state index in [0.29, 0.717) is 12.1 Å². The summed E-state index contributed by atoms with van der Waals surface area (Å²) in [6, 6.07) is 10.3. The third-order valence-corrected chi connectivity index (χ3v) is 3.19. The van der Waals surface area contributed by atoms with Crippen molar-refractivity contribution in [1.82, 2.24) is 4.98 Å². The topological polar surface area (TPSA) is 88.5 Å². The zero-order chi connectivity index (χ0) is 14.8. The van der Waals surface area contributed by atoms with Gasteiger partial charge in [-0.25, -0.2) is 9.78 Å². The molecule has 6 heteroatoms. The number of aromatic carboxylic acids is 1. The van der Waals surface area contributed by atoms with Gasteiger partial charge in [0.15, 0.2) is 6.10 Å². The third kappa shape index (κ3) is 2.69. The van der Waals surface area contributed by atoms with Crippen molar-refractivity contribution in [3.63, 3.8) is 0 Å². The number of carbonyl (C=O) groups excluding carboxylic acids is 1. The molecule has 0 fully saturated rings. The number of fused-ring (bicyclic) bond motifs is 1. The number of hydrogen-bond acceptors (Lipinski definition) is 4. The van der Waals surface area contributed by atoms with Crippen molar-refractivity contribution in [3.8, 4) is 5.75 Å². The van der Waals surface area contributed by atoms with E-state index in [1.807, 2.05) is 24.3 Å². The molecule has 106 valence electrons. The summed E-state index contributed by atoms with van der Waals surface area (Å²) in [6.45, 7) is 0. The van der Waals surface area contributed by atoms with Crippen LogP contribution in [-0.2, 0) is 11.2 Å². The van der Waals surface area contributed by atoms with Gasteiger partial charge in [0.1, 0.15) is 11.4 Å². The van der Waals surface area contributed by atoms with Gasteiger partial charge in [0.05, 0.1) is 11.9 Å². The zero-order valence-corrected chi connectivity index (χ0v) is 10.9. The Hall–Kier alpha value is -2.89. The van der Waals surface area contributed by atoms with Gasteiger partial charge >= 0.3 is 5.97 Å². The molecule has 21 heavy (non-hydrogen) atoms. The SMILES string of the molecule is O=C(O)c1ccc(NC(=O)C2Cc3ccccc3O2)cn1. The van der Waals surface area contributed by atoms with E-state index in [0.717, 1.165) is 11.3 Å². The largest absolute Gasteiger partial charge is 0.480 e. The second kappa shape index (κ2) is 5.24. The van der Waals surface area contributed by atoms with Gasteiger partial charge in [0.25, 0.3) is 5.91 Å². The average Bonchev–Trinajstić information content (AvgIpc) is 2.92. The lowest BCUT2D eigenvalue weighted by molar-refractivity contribution is -0.122. The molecule has 2 N–H and O–H groups in total. The summed E-state index contributed by atoms with van der Waals surface area (Å²) in [5, 5.41) is 11.4. The number of nitrogens with one attached hydrogen (secondary N) is 1. The number of anilines is 1. The van der Waals surface area contributed by atoms with Crippen LogP contribution in [0.1, 0.15) is 16.1 Å². The second-order valence-corrected chi connectivity index (χ2v) is 4.64. The summed E-state index contributed by atoms with van der Waals surface area (Å²) in [5.74, 6) is -0.671. The van der Waals surface area contributed by atoms with Gasteiger partial charge < -0.3 is 15.2 Å². The van der Waals surface area contributed by atoms with Crippen LogP contribution >= 0.6 is 0 Å². The van der Waals surface area contributed by atoms with Gasteiger partial charge in [0.2, 0.25) is 0 Å². The van der Waals surface area contributed by atoms with E-state index in [4.69, 9.17) is 9.84 Å².